The highest BCUT2D eigenvalue weighted by Crippen LogP contribution is 2.24. The lowest BCUT2D eigenvalue weighted by Gasteiger charge is -2.09. The minimum atomic E-state index is 0.421. The molecule has 3 nitrogen and oxygen atoms in total. The molecule has 3 aromatic rings. The van der Waals surface area contributed by atoms with Gasteiger partial charge >= 0.3 is 0 Å². The second kappa shape index (κ2) is 5.64. The molecule has 0 aliphatic heterocycles. The van der Waals surface area contributed by atoms with E-state index in [0.717, 1.165) is 27.9 Å². The van der Waals surface area contributed by atoms with Crippen LogP contribution in [0.1, 0.15) is 16.8 Å². The van der Waals surface area contributed by atoms with Gasteiger partial charge in [0.15, 0.2) is 0 Å². The molecule has 3 heteroatoms. The highest BCUT2D eigenvalue weighted by atomic mass is 16.5. The van der Waals surface area contributed by atoms with Crippen molar-refractivity contribution in [3.05, 3.63) is 71.4 Å². The first-order valence-electron chi connectivity index (χ1n) is 6.74. The summed E-state index contributed by atoms with van der Waals surface area (Å²) in [4.78, 5) is 4.54. The number of ether oxygens (including phenoxy) is 1. The van der Waals surface area contributed by atoms with Gasteiger partial charge in [0.2, 0.25) is 0 Å². The van der Waals surface area contributed by atoms with Gasteiger partial charge in [-0.1, -0.05) is 30.3 Å². The van der Waals surface area contributed by atoms with Crippen molar-refractivity contribution < 1.29 is 4.74 Å². The molecule has 21 heavy (non-hydrogen) atoms. The molecule has 0 unspecified atom stereocenters. The number of aromatic nitrogens is 1. The van der Waals surface area contributed by atoms with Gasteiger partial charge in [0, 0.05) is 11.1 Å². The Morgan fingerprint density at radius 1 is 1.10 bits per heavy atom. The largest absolute Gasteiger partial charge is 0.487 e. The van der Waals surface area contributed by atoms with Crippen LogP contribution in [-0.2, 0) is 6.61 Å². The first kappa shape index (κ1) is 13.1. The predicted octanol–water partition coefficient (Wildman–Crippen LogP) is 3.99. The predicted molar refractivity (Wildman–Crippen MR) is 82.0 cm³/mol. The van der Waals surface area contributed by atoms with Crippen molar-refractivity contribution in [2.45, 2.75) is 13.5 Å². The van der Waals surface area contributed by atoms with Crippen molar-refractivity contribution in [3.63, 3.8) is 0 Å². The molecule has 0 saturated heterocycles. The Morgan fingerprint density at radius 3 is 2.81 bits per heavy atom. The normalized spacial score (nSPS) is 10.3. The van der Waals surface area contributed by atoms with Crippen LogP contribution in [0.3, 0.4) is 0 Å². The van der Waals surface area contributed by atoms with Crippen molar-refractivity contribution in [3.8, 4) is 11.8 Å². The summed E-state index contributed by atoms with van der Waals surface area (Å²) in [5.74, 6) is 0.763. The molecule has 1 aromatic heterocycles. The van der Waals surface area contributed by atoms with Crippen LogP contribution in [0.25, 0.3) is 10.9 Å². The summed E-state index contributed by atoms with van der Waals surface area (Å²) in [6.07, 6.45) is 0. The number of hydrogen-bond acceptors (Lipinski definition) is 3. The third-order valence-electron chi connectivity index (χ3n) is 3.27. The molecule has 0 saturated carbocycles. The smallest absolute Gasteiger partial charge is 0.146 e. The lowest BCUT2D eigenvalue weighted by Crippen LogP contribution is -1.97. The lowest BCUT2D eigenvalue weighted by molar-refractivity contribution is 0.309. The summed E-state index contributed by atoms with van der Waals surface area (Å²) in [6.45, 7) is 2.39. The van der Waals surface area contributed by atoms with Gasteiger partial charge in [-0.2, -0.15) is 5.26 Å². The van der Waals surface area contributed by atoms with E-state index in [1.54, 1.807) is 6.07 Å². The van der Waals surface area contributed by atoms with Crippen LogP contribution in [0, 0.1) is 18.3 Å². The number of nitrogens with zero attached hydrogens (tertiary/aromatic N) is 2. The molecule has 3 rings (SSSR count). The average Bonchev–Trinajstić information content (AvgIpc) is 2.53. The summed E-state index contributed by atoms with van der Waals surface area (Å²) in [6, 6.07) is 19.5. The van der Waals surface area contributed by atoms with E-state index in [4.69, 9.17) is 10.00 Å². The molecule has 0 spiro atoms. The molecule has 0 radical (unpaired) electrons. The number of nitriles is 1. The van der Waals surface area contributed by atoms with E-state index in [2.05, 4.69) is 11.1 Å². The van der Waals surface area contributed by atoms with Gasteiger partial charge in [0.25, 0.3) is 0 Å². The van der Waals surface area contributed by atoms with Crippen molar-refractivity contribution in [2.24, 2.45) is 0 Å². The highest BCUT2D eigenvalue weighted by Gasteiger charge is 2.04. The van der Waals surface area contributed by atoms with Gasteiger partial charge in [0.1, 0.15) is 17.9 Å². The van der Waals surface area contributed by atoms with Crippen LogP contribution in [0.2, 0.25) is 0 Å². The Bertz CT molecular complexity index is 834. The second-order valence-electron chi connectivity index (χ2n) is 4.88. The summed E-state index contributed by atoms with van der Waals surface area (Å²) in [7, 11) is 0. The average molecular weight is 274 g/mol. The Kier molecular flexibility index (Phi) is 3.53. The zero-order valence-electron chi connectivity index (χ0n) is 11.7. The molecule has 1 heterocycles. The molecule has 0 N–H and O–H groups in total. The van der Waals surface area contributed by atoms with E-state index in [1.807, 2.05) is 55.5 Å². The number of pyridine rings is 1. The van der Waals surface area contributed by atoms with Crippen LogP contribution in [-0.4, -0.2) is 4.98 Å². The Balaban J connectivity index is 1.88. The zero-order chi connectivity index (χ0) is 14.7. The van der Waals surface area contributed by atoms with Crippen molar-refractivity contribution >= 4 is 10.9 Å². The zero-order valence-corrected chi connectivity index (χ0v) is 11.7. The maximum atomic E-state index is 8.92. The van der Waals surface area contributed by atoms with Crippen LogP contribution in [0.4, 0.5) is 0 Å². The van der Waals surface area contributed by atoms with E-state index < -0.39 is 0 Å². The number of rotatable bonds is 3. The van der Waals surface area contributed by atoms with Gasteiger partial charge in [-0.25, -0.2) is 4.98 Å². The van der Waals surface area contributed by atoms with E-state index in [-0.39, 0.29) is 0 Å². The minimum Gasteiger partial charge on any atom is -0.487 e. The van der Waals surface area contributed by atoms with Crippen molar-refractivity contribution in [1.29, 1.82) is 5.26 Å². The topological polar surface area (TPSA) is 45.9 Å². The highest BCUT2D eigenvalue weighted by molar-refractivity contribution is 5.84. The van der Waals surface area contributed by atoms with Crippen LogP contribution in [0.15, 0.2) is 54.6 Å². The Hall–Kier alpha value is -2.86. The SMILES string of the molecule is Cc1ccc2cccc(OCc3cccc(C#N)c3)c2n1. The molecular formula is C18H14N2O. The molecule has 0 fully saturated rings. The third-order valence-corrected chi connectivity index (χ3v) is 3.27. The van der Waals surface area contributed by atoms with Gasteiger partial charge in [0.05, 0.1) is 11.6 Å². The second-order valence-corrected chi connectivity index (χ2v) is 4.88. The maximum absolute atomic E-state index is 8.92. The molecular weight excluding hydrogens is 260 g/mol. The van der Waals surface area contributed by atoms with Crippen LogP contribution in [0.5, 0.6) is 5.75 Å². The van der Waals surface area contributed by atoms with Gasteiger partial charge < -0.3 is 4.74 Å². The fourth-order valence-corrected chi connectivity index (χ4v) is 2.23. The number of benzene rings is 2. The molecule has 0 amide bonds. The monoisotopic (exact) mass is 274 g/mol. The van der Waals surface area contributed by atoms with Crippen LogP contribution >= 0.6 is 0 Å². The third kappa shape index (κ3) is 2.85. The van der Waals surface area contributed by atoms with Crippen LogP contribution < -0.4 is 4.74 Å². The molecule has 2 aromatic carbocycles. The molecule has 102 valence electrons. The van der Waals surface area contributed by atoms with E-state index in [1.165, 1.54) is 0 Å². The molecule has 0 bridgehead atoms. The van der Waals surface area contributed by atoms with E-state index in [9.17, 15) is 0 Å². The minimum absolute atomic E-state index is 0.421. The fraction of sp³-hybridized carbons (Fsp3) is 0.111. The Labute approximate surface area is 123 Å². The summed E-state index contributed by atoms with van der Waals surface area (Å²) in [5, 5.41) is 9.98. The number of aryl methyl sites for hydroxylation is 1. The first-order valence-corrected chi connectivity index (χ1v) is 6.74. The first-order chi connectivity index (χ1) is 10.3. The summed E-state index contributed by atoms with van der Waals surface area (Å²) in [5.41, 5.74) is 3.45. The van der Waals surface area contributed by atoms with E-state index >= 15 is 0 Å². The summed E-state index contributed by atoms with van der Waals surface area (Å²) < 4.78 is 5.89. The molecule has 0 aliphatic rings. The van der Waals surface area contributed by atoms with Gasteiger partial charge in [-0.05, 0) is 36.8 Å². The number of hydrogen-bond donors (Lipinski definition) is 0. The fourth-order valence-electron chi connectivity index (χ4n) is 2.23. The molecule has 0 atom stereocenters. The standard InChI is InChI=1S/C18H14N2O/c1-13-8-9-16-6-3-7-17(18(16)20-13)21-12-15-5-2-4-14(10-15)11-19/h2-10H,12H2,1H3. The van der Waals surface area contributed by atoms with Crippen molar-refractivity contribution in [1.82, 2.24) is 4.98 Å². The lowest BCUT2D eigenvalue weighted by atomic mass is 10.1. The summed E-state index contributed by atoms with van der Waals surface area (Å²) >= 11 is 0. The van der Waals surface area contributed by atoms with Gasteiger partial charge in [-0.3, -0.25) is 0 Å². The quantitative estimate of drug-likeness (QED) is 0.725. The maximum Gasteiger partial charge on any atom is 0.146 e. The van der Waals surface area contributed by atoms with Crippen molar-refractivity contribution in [2.75, 3.05) is 0 Å². The van der Waals surface area contributed by atoms with Gasteiger partial charge in [-0.15, -0.1) is 0 Å². The number of fused-ring (bicyclic) bond motifs is 1. The molecule has 0 aliphatic carbocycles. The number of para-hydroxylation sites is 1. The Morgan fingerprint density at radius 2 is 1.95 bits per heavy atom. The van der Waals surface area contributed by atoms with E-state index in [0.29, 0.717) is 12.2 Å².